The summed E-state index contributed by atoms with van der Waals surface area (Å²) in [5.41, 5.74) is 0.454. The summed E-state index contributed by atoms with van der Waals surface area (Å²) in [6.07, 6.45) is 0.720. The summed E-state index contributed by atoms with van der Waals surface area (Å²) in [4.78, 5) is 25.7. The lowest BCUT2D eigenvalue weighted by atomic mass is 9.99. The smallest absolute Gasteiger partial charge is 0.325 e. The van der Waals surface area contributed by atoms with E-state index in [1.54, 1.807) is 11.8 Å². The number of aryl methyl sites for hydroxylation is 1. The van der Waals surface area contributed by atoms with Crippen molar-refractivity contribution in [1.29, 1.82) is 0 Å². The number of carbonyl (C=O) groups is 2. The van der Waals surface area contributed by atoms with Crippen LogP contribution in [-0.4, -0.2) is 47.0 Å². The number of thioether (sulfide) groups is 1. The molecule has 0 saturated carbocycles. The van der Waals surface area contributed by atoms with Crippen LogP contribution < -0.4 is 10.1 Å². The Hall–Kier alpha value is -1.69. The molecule has 0 unspecified atom stereocenters. The highest BCUT2D eigenvalue weighted by Gasteiger charge is 2.52. The van der Waals surface area contributed by atoms with Gasteiger partial charge in [0, 0.05) is 5.75 Å². The number of amides is 3. The van der Waals surface area contributed by atoms with Crippen molar-refractivity contribution in [3.63, 3.8) is 0 Å². The molecule has 112 valence electrons. The predicted molar refractivity (Wildman–Crippen MR) is 81.6 cm³/mol. The summed E-state index contributed by atoms with van der Waals surface area (Å²) in [6.45, 7) is 2.59. The molecule has 1 spiro atoms. The Morgan fingerprint density at radius 1 is 1.43 bits per heavy atom. The number of urea groups is 1. The van der Waals surface area contributed by atoms with Gasteiger partial charge >= 0.3 is 6.03 Å². The van der Waals surface area contributed by atoms with E-state index in [9.17, 15) is 9.59 Å². The Labute approximate surface area is 128 Å². The summed E-state index contributed by atoms with van der Waals surface area (Å²) in [5.74, 6) is 2.24. The van der Waals surface area contributed by atoms with Crippen molar-refractivity contribution in [2.75, 3.05) is 24.7 Å². The second-order valence-corrected chi connectivity index (χ2v) is 6.54. The van der Waals surface area contributed by atoms with Crippen LogP contribution in [0.3, 0.4) is 0 Å². The van der Waals surface area contributed by atoms with Gasteiger partial charge in [0.15, 0.2) is 0 Å². The number of carbonyl (C=O) groups excluding carboxylic acids is 2. The molecule has 1 aromatic carbocycles. The highest BCUT2D eigenvalue weighted by molar-refractivity contribution is 7.99. The van der Waals surface area contributed by atoms with Crippen molar-refractivity contribution in [2.24, 2.45) is 0 Å². The van der Waals surface area contributed by atoms with E-state index in [0.717, 1.165) is 23.5 Å². The zero-order valence-electron chi connectivity index (χ0n) is 11.9. The minimum absolute atomic E-state index is 0.106. The summed E-state index contributed by atoms with van der Waals surface area (Å²) in [5, 5.41) is 2.85. The quantitative estimate of drug-likeness (QED) is 0.862. The number of hydrogen-bond acceptors (Lipinski definition) is 4. The minimum Gasteiger partial charge on any atom is -0.492 e. The van der Waals surface area contributed by atoms with E-state index >= 15 is 0 Å². The van der Waals surface area contributed by atoms with Crippen LogP contribution in [0.4, 0.5) is 4.79 Å². The van der Waals surface area contributed by atoms with Gasteiger partial charge in [-0.05, 0) is 36.8 Å². The number of imide groups is 1. The van der Waals surface area contributed by atoms with E-state index in [1.165, 1.54) is 4.90 Å². The van der Waals surface area contributed by atoms with Crippen molar-refractivity contribution in [3.05, 3.63) is 29.8 Å². The predicted octanol–water partition coefficient (Wildman–Crippen LogP) is 1.80. The first-order chi connectivity index (χ1) is 10.1. The third-order valence-corrected chi connectivity index (χ3v) is 5.03. The standard InChI is InChI=1S/C15H18N2O3S/c1-11-3-2-4-12(9-11)20-7-6-17-13(18)15(16-14(17)19)5-8-21-10-15/h2-4,9H,5-8,10H2,1H3,(H,16,19)/t15-/m0/s1. The molecule has 21 heavy (non-hydrogen) atoms. The first kappa shape index (κ1) is 14.3. The summed E-state index contributed by atoms with van der Waals surface area (Å²) in [7, 11) is 0. The molecule has 2 aliphatic rings. The van der Waals surface area contributed by atoms with Gasteiger partial charge in [-0.1, -0.05) is 12.1 Å². The van der Waals surface area contributed by atoms with Crippen molar-refractivity contribution >= 4 is 23.7 Å². The maximum absolute atomic E-state index is 12.4. The normalized spacial score (nSPS) is 24.7. The Kier molecular flexibility index (Phi) is 3.80. The lowest BCUT2D eigenvalue weighted by Crippen LogP contribution is -2.47. The molecule has 2 saturated heterocycles. The molecule has 3 rings (SSSR count). The van der Waals surface area contributed by atoms with E-state index in [2.05, 4.69) is 5.32 Å². The van der Waals surface area contributed by atoms with Gasteiger partial charge in [0.1, 0.15) is 17.9 Å². The van der Waals surface area contributed by atoms with E-state index in [1.807, 2.05) is 31.2 Å². The SMILES string of the molecule is Cc1cccc(OCCN2C(=O)N[C@]3(CCSC3)C2=O)c1. The van der Waals surface area contributed by atoms with Gasteiger partial charge in [0.05, 0.1) is 6.54 Å². The van der Waals surface area contributed by atoms with Crippen LogP contribution in [0.2, 0.25) is 0 Å². The average Bonchev–Trinajstić information content (AvgIpc) is 3.00. The lowest BCUT2D eigenvalue weighted by Gasteiger charge is -2.19. The zero-order chi connectivity index (χ0) is 14.9. The van der Waals surface area contributed by atoms with E-state index in [0.29, 0.717) is 12.4 Å². The van der Waals surface area contributed by atoms with Gasteiger partial charge < -0.3 is 10.1 Å². The fraction of sp³-hybridized carbons (Fsp3) is 0.467. The number of hydrogen-bond donors (Lipinski definition) is 1. The van der Waals surface area contributed by atoms with Gasteiger partial charge in [-0.3, -0.25) is 9.69 Å². The molecule has 5 nitrogen and oxygen atoms in total. The molecule has 2 aliphatic heterocycles. The Bertz CT molecular complexity index is 570. The molecule has 2 fully saturated rings. The second kappa shape index (κ2) is 5.60. The maximum atomic E-state index is 12.4. The van der Waals surface area contributed by atoms with Gasteiger partial charge in [-0.2, -0.15) is 11.8 Å². The number of ether oxygens (including phenoxy) is 1. The van der Waals surface area contributed by atoms with Crippen molar-refractivity contribution in [3.8, 4) is 5.75 Å². The molecule has 3 amide bonds. The zero-order valence-corrected chi connectivity index (χ0v) is 12.7. The molecular weight excluding hydrogens is 288 g/mol. The van der Waals surface area contributed by atoms with Crippen molar-refractivity contribution in [1.82, 2.24) is 10.2 Å². The Morgan fingerprint density at radius 2 is 2.29 bits per heavy atom. The number of nitrogens with one attached hydrogen (secondary N) is 1. The van der Waals surface area contributed by atoms with Crippen LogP contribution in [0, 0.1) is 6.92 Å². The average molecular weight is 306 g/mol. The molecule has 2 heterocycles. The molecule has 1 N–H and O–H groups in total. The van der Waals surface area contributed by atoms with Gasteiger partial charge in [0.25, 0.3) is 5.91 Å². The molecule has 0 aromatic heterocycles. The summed E-state index contributed by atoms with van der Waals surface area (Å²) >= 11 is 1.71. The summed E-state index contributed by atoms with van der Waals surface area (Å²) in [6, 6.07) is 7.42. The Morgan fingerprint density at radius 3 is 3.00 bits per heavy atom. The molecule has 1 atom stereocenters. The Balaban J connectivity index is 1.58. The fourth-order valence-electron chi connectivity index (χ4n) is 2.67. The van der Waals surface area contributed by atoms with Crippen molar-refractivity contribution in [2.45, 2.75) is 18.9 Å². The minimum atomic E-state index is -0.662. The van der Waals surface area contributed by atoms with E-state index < -0.39 is 5.54 Å². The van der Waals surface area contributed by atoms with E-state index in [-0.39, 0.29) is 18.5 Å². The highest BCUT2D eigenvalue weighted by Crippen LogP contribution is 2.33. The molecule has 1 aromatic rings. The van der Waals surface area contributed by atoms with Crippen LogP contribution in [0.15, 0.2) is 24.3 Å². The monoisotopic (exact) mass is 306 g/mol. The van der Waals surface area contributed by atoms with Crippen molar-refractivity contribution < 1.29 is 14.3 Å². The van der Waals surface area contributed by atoms with Crippen LogP contribution in [0.1, 0.15) is 12.0 Å². The summed E-state index contributed by atoms with van der Waals surface area (Å²) < 4.78 is 5.62. The van der Waals surface area contributed by atoms with Gasteiger partial charge in [-0.15, -0.1) is 0 Å². The molecule has 6 heteroatoms. The number of rotatable bonds is 4. The second-order valence-electron chi connectivity index (χ2n) is 5.44. The van der Waals surface area contributed by atoms with Crippen LogP contribution >= 0.6 is 11.8 Å². The highest BCUT2D eigenvalue weighted by atomic mass is 32.2. The topological polar surface area (TPSA) is 58.6 Å². The fourth-order valence-corrected chi connectivity index (χ4v) is 4.00. The first-order valence-electron chi connectivity index (χ1n) is 7.02. The third kappa shape index (κ3) is 2.72. The van der Waals surface area contributed by atoms with Crippen LogP contribution in [0.25, 0.3) is 0 Å². The first-order valence-corrected chi connectivity index (χ1v) is 8.18. The number of nitrogens with zero attached hydrogens (tertiary/aromatic N) is 1. The van der Waals surface area contributed by atoms with Crippen LogP contribution in [-0.2, 0) is 4.79 Å². The van der Waals surface area contributed by atoms with Gasteiger partial charge in [0.2, 0.25) is 0 Å². The van der Waals surface area contributed by atoms with Crippen LogP contribution in [0.5, 0.6) is 5.75 Å². The lowest BCUT2D eigenvalue weighted by molar-refractivity contribution is -0.130. The molecule has 0 aliphatic carbocycles. The maximum Gasteiger partial charge on any atom is 0.325 e. The number of benzene rings is 1. The van der Waals surface area contributed by atoms with Gasteiger partial charge in [-0.25, -0.2) is 4.79 Å². The third-order valence-electron chi connectivity index (χ3n) is 3.84. The molecule has 0 bridgehead atoms. The molecular formula is C15H18N2O3S. The molecule has 0 radical (unpaired) electrons. The largest absolute Gasteiger partial charge is 0.492 e. The van der Waals surface area contributed by atoms with E-state index in [4.69, 9.17) is 4.74 Å².